The van der Waals surface area contributed by atoms with Crippen LogP contribution in [0.2, 0.25) is 0 Å². The Hall–Kier alpha value is -0.550. The van der Waals surface area contributed by atoms with E-state index in [1.54, 1.807) is 6.20 Å². The summed E-state index contributed by atoms with van der Waals surface area (Å²) in [4.78, 5) is 2.34. The molecule has 1 aromatic heterocycles. The van der Waals surface area contributed by atoms with Crippen LogP contribution < -0.4 is 5.73 Å². The number of likely N-dealkylation sites (tertiary alicyclic amines) is 1. The van der Waals surface area contributed by atoms with Crippen molar-refractivity contribution in [1.82, 2.24) is 14.7 Å². The summed E-state index contributed by atoms with van der Waals surface area (Å²) < 4.78 is 2.84. The molecule has 1 aromatic rings. The third-order valence-corrected chi connectivity index (χ3v) is 3.43. The molecule has 1 fully saturated rings. The summed E-state index contributed by atoms with van der Waals surface area (Å²) in [6, 6.07) is 0.470. The predicted molar refractivity (Wildman–Crippen MR) is 60.1 cm³/mol. The number of nitrogen functional groups attached to an aromatic ring is 1. The van der Waals surface area contributed by atoms with E-state index in [9.17, 15) is 0 Å². The van der Waals surface area contributed by atoms with Crippen molar-refractivity contribution in [1.29, 1.82) is 0 Å². The van der Waals surface area contributed by atoms with E-state index in [1.165, 1.54) is 0 Å². The van der Waals surface area contributed by atoms with Crippen molar-refractivity contribution in [3.05, 3.63) is 10.7 Å². The summed E-state index contributed by atoms with van der Waals surface area (Å²) in [5, 5.41) is 4.29. The molecule has 14 heavy (non-hydrogen) atoms. The molecule has 0 atom stereocenters. The lowest BCUT2D eigenvalue weighted by atomic mass is 10.1. The summed E-state index contributed by atoms with van der Waals surface area (Å²) in [5.74, 6) is 0.750. The number of hydrogen-bond acceptors (Lipinski definition) is 3. The maximum atomic E-state index is 5.91. The van der Waals surface area contributed by atoms with E-state index >= 15 is 0 Å². The van der Waals surface area contributed by atoms with Gasteiger partial charge in [-0.25, -0.2) is 4.68 Å². The number of rotatable bonds is 1. The number of piperidine rings is 1. The maximum Gasteiger partial charge on any atom is 0.136 e. The Balaban J connectivity index is 2.12. The molecule has 0 aromatic carbocycles. The third-order valence-electron chi connectivity index (χ3n) is 2.82. The lowest BCUT2D eigenvalue weighted by molar-refractivity contribution is 0.214. The molecule has 1 saturated heterocycles. The van der Waals surface area contributed by atoms with Gasteiger partial charge in [0.2, 0.25) is 0 Å². The van der Waals surface area contributed by atoms with Gasteiger partial charge in [-0.05, 0) is 48.9 Å². The SMILES string of the molecule is CN1CCC(n2ncc(Br)c2N)CC1. The van der Waals surface area contributed by atoms with Crippen LogP contribution in [-0.2, 0) is 0 Å². The van der Waals surface area contributed by atoms with Crippen LogP contribution >= 0.6 is 15.9 Å². The van der Waals surface area contributed by atoms with Crippen LogP contribution in [0, 0.1) is 0 Å². The number of halogens is 1. The Morgan fingerprint density at radius 3 is 2.64 bits per heavy atom. The molecular weight excluding hydrogens is 244 g/mol. The molecule has 2 rings (SSSR count). The number of nitrogens with zero attached hydrogens (tertiary/aromatic N) is 3. The maximum absolute atomic E-state index is 5.91. The summed E-state index contributed by atoms with van der Waals surface area (Å²) in [7, 11) is 2.15. The normalized spacial score (nSPS) is 20.1. The van der Waals surface area contributed by atoms with Crippen LogP contribution in [0.25, 0.3) is 0 Å². The van der Waals surface area contributed by atoms with Gasteiger partial charge in [0.05, 0.1) is 16.7 Å². The van der Waals surface area contributed by atoms with Crippen molar-refractivity contribution in [2.45, 2.75) is 18.9 Å². The van der Waals surface area contributed by atoms with Gasteiger partial charge in [0.1, 0.15) is 5.82 Å². The Morgan fingerprint density at radius 2 is 2.14 bits per heavy atom. The van der Waals surface area contributed by atoms with E-state index in [2.05, 4.69) is 33.0 Å². The van der Waals surface area contributed by atoms with Gasteiger partial charge in [0.15, 0.2) is 0 Å². The van der Waals surface area contributed by atoms with Crippen LogP contribution in [0.1, 0.15) is 18.9 Å². The molecule has 1 aliphatic heterocycles. The van der Waals surface area contributed by atoms with E-state index in [-0.39, 0.29) is 0 Å². The zero-order chi connectivity index (χ0) is 10.1. The van der Waals surface area contributed by atoms with E-state index < -0.39 is 0 Å². The fraction of sp³-hybridized carbons (Fsp3) is 0.667. The molecule has 2 N–H and O–H groups in total. The van der Waals surface area contributed by atoms with Gasteiger partial charge < -0.3 is 10.6 Å². The van der Waals surface area contributed by atoms with Gasteiger partial charge in [0, 0.05) is 0 Å². The summed E-state index contributed by atoms with van der Waals surface area (Å²) >= 11 is 3.38. The predicted octanol–water partition coefficient (Wildman–Crippen LogP) is 1.49. The van der Waals surface area contributed by atoms with Crippen LogP contribution in [0.15, 0.2) is 10.7 Å². The van der Waals surface area contributed by atoms with Crippen molar-refractivity contribution in [3.63, 3.8) is 0 Å². The quantitative estimate of drug-likeness (QED) is 0.831. The largest absolute Gasteiger partial charge is 0.383 e. The van der Waals surface area contributed by atoms with Crippen molar-refractivity contribution >= 4 is 21.7 Å². The minimum absolute atomic E-state index is 0.470. The molecule has 0 bridgehead atoms. The topological polar surface area (TPSA) is 47.1 Å². The Kier molecular flexibility index (Phi) is 2.78. The molecule has 0 saturated carbocycles. The van der Waals surface area contributed by atoms with Crippen molar-refractivity contribution in [2.24, 2.45) is 0 Å². The van der Waals surface area contributed by atoms with Gasteiger partial charge in [0.25, 0.3) is 0 Å². The number of nitrogens with two attached hydrogens (primary N) is 1. The van der Waals surface area contributed by atoms with Crippen LogP contribution in [0.4, 0.5) is 5.82 Å². The van der Waals surface area contributed by atoms with Crippen molar-refractivity contribution < 1.29 is 0 Å². The zero-order valence-electron chi connectivity index (χ0n) is 8.28. The van der Waals surface area contributed by atoms with Gasteiger partial charge in [-0.3, -0.25) is 0 Å². The summed E-state index contributed by atoms with van der Waals surface area (Å²) in [6.07, 6.45) is 4.04. The van der Waals surface area contributed by atoms with Gasteiger partial charge >= 0.3 is 0 Å². The highest BCUT2D eigenvalue weighted by atomic mass is 79.9. The van der Waals surface area contributed by atoms with Crippen LogP contribution in [0.5, 0.6) is 0 Å². The average Bonchev–Trinajstić information content (AvgIpc) is 2.50. The van der Waals surface area contributed by atoms with E-state index in [1.807, 2.05) is 4.68 Å². The van der Waals surface area contributed by atoms with E-state index in [4.69, 9.17) is 5.73 Å². The first-order valence-electron chi connectivity index (χ1n) is 4.85. The average molecular weight is 259 g/mol. The molecule has 0 spiro atoms. The third kappa shape index (κ3) is 1.79. The Labute approximate surface area is 92.2 Å². The fourth-order valence-electron chi connectivity index (χ4n) is 1.88. The Bertz CT molecular complexity index is 315. The molecular formula is C9H15BrN4. The minimum atomic E-state index is 0.470. The molecule has 4 nitrogen and oxygen atoms in total. The first-order valence-corrected chi connectivity index (χ1v) is 5.65. The first-order chi connectivity index (χ1) is 6.68. The van der Waals surface area contributed by atoms with Crippen LogP contribution in [-0.4, -0.2) is 34.8 Å². The second-order valence-corrected chi connectivity index (χ2v) is 4.71. The second-order valence-electron chi connectivity index (χ2n) is 3.86. The smallest absolute Gasteiger partial charge is 0.136 e. The highest BCUT2D eigenvalue weighted by Gasteiger charge is 2.20. The van der Waals surface area contributed by atoms with Crippen molar-refractivity contribution in [3.8, 4) is 0 Å². The van der Waals surface area contributed by atoms with Gasteiger partial charge in [-0.2, -0.15) is 5.10 Å². The van der Waals surface area contributed by atoms with E-state index in [0.29, 0.717) is 6.04 Å². The molecule has 1 aliphatic rings. The summed E-state index contributed by atoms with van der Waals surface area (Å²) in [5.41, 5.74) is 5.91. The molecule has 0 radical (unpaired) electrons. The second kappa shape index (κ2) is 3.90. The number of anilines is 1. The molecule has 78 valence electrons. The zero-order valence-corrected chi connectivity index (χ0v) is 9.87. The fourth-order valence-corrected chi connectivity index (χ4v) is 2.15. The minimum Gasteiger partial charge on any atom is -0.383 e. The monoisotopic (exact) mass is 258 g/mol. The Morgan fingerprint density at radius 1 is 1.50 bits per heavy atom. The first kappa shape index (κ1) is 9.98. The number of aromatic nitrogens is 2. The standard InChI is InChI=1S/C9H15BrN4/c1-13-4-2-7(3-5-13)14-9(11)8(10)6-12-14/h6-7H,2-5,11H2,1H3. The molecule has 0 aliphatic carbocycles. The van der Waals surface area contributed by atoms with Gasteiger partial charge in [-0.1, -0.05) is 0 Å². The van der Waals surface area contributed by atoms with Crippen LogP contribution in [0.3, 0.4) is 0 Å². The molecule has 0 amide bonds. The lowest BCUT2D eigenvalue weighted by Gasteiger charge is -2.29. The van der Waals surface area contributed by atoms with Gasteiger partial charge in [-0.15, -0.1) is 0 Å². The molecule has 2 heterocycles. The lowest BCUT2D eigenvalue weighted by Crippen LogP contribution is -2.32. The molecule has 5 heteroatoms. The molecule has 0 unspecified atom stereocenters. The summed E-state index contributed by atoms with van der Waals surface area (Å²) in [6.45, 7) is 2.25. The highest BCUT2D eigenvalue weighted by Crippen LogP contribution is 2.27. The van der Waals surface area contributed by atoms with Crippen molar-refractivity contribution in [2.75, 3.05) is 25.9 Å². The van der Waals surface area contributed by atoms with E-state index in [0.717, 1.165) is 36.2 Å². The highest BCUT2D eigenvalue weighted by molar-refractivity contribution is 9.10. The number of hydrogen-bond donors (Lipinski definition) is 1.